The van der Waals surface area contributed by atoms with Crippen molar-refractivity contribution >= 4 is 73.0 Å². The van der Waals surface area contributed by atoms with Gasteiger partial charge in [-0.25, -0.2) is 18.1 Å². The highest BCUT2D eigenvalue weighted by atomic mass is 35.5. The molecule has 0 bridgehead atoms. The van der Waals surface area contributed by atoms with Crippen LogP contribution in [0.4, 0.5) is 17.1 Å². The standard InChI is InChI=1S/C42H44ClN7O7S2/c1-42(2)11-9-28(35(21-42)26-3-5-29(43)6-4-26)23-48-13-15-49(16-14-48)31-7-8-34(37(18-31)57-32-17-27-10-12-44-40(27)45-22-32)41(52)47-59(55,56)33-19-36(50(53)54)39-38(20-33)58-25-30(24-51)46-39/h3-8,10,12,17-20,22,30,46,51H,9,11,13-16,21,23-25H2,1-2H3,(H,44,45)(H,47,52)/t30-/m0/s1. The molecule has 1 fully saturated rings. The van der Waals surface area contributed by atoms with Crippen LogP contribution in [0, 0.1) is 15.5 Å². The molecule has 0 unspecified atom stereocenters. The maximum Gasteiger partial charge on any atom is 0.294 e. The van der Waals surface area contributed by atoms with E-state index in [0.717, 1.165) is 61.1 Å². The van der Waals surface area contributed by atoms with Crippen LogP contribution in [0.1, 0.15) is 49.0 Å². The smallest absolute Gasteiger partial charge is 0.294 e. The molecule has 4 heterocycles. The number of anilines is 2. The lowest BCUT2D eigenvalue weighted by Crippen LogP contribution is -2.47. The minimum atomic E-state index is -4.60. The number of thioether (sulfide) groups is 1. The van der Waals surface area contributed by atoms with Crippen LogP contribution in [0.25, 0.3) is 16.6 Å². The number of H-pyrrole nitrogens is 1. The van der Waals surface area contributed by atoms with Gasteiger partial charge >= 0.3 is 0 Å². The molecule has 1 amide bonds. The van der Waals surface area contributed by atoms with Gasteiger partial charge in [0.1, 0.15) is 22.8 Å². The Kier molecular flexibility index (Phi) is 11.4. The molecule has 2 aliphatic heterocycles. The number of hydrogen-bond donors (Lipinski definition) is 4. The number of aromatic amines is 1. The molecule has 59 heavy (non-hydrogen) atoms. The summed E-state index contributed by atoms with van der Waals surface area (Å²) in [6, 6.07) is 18.5. The van der Waals surface area contributed by atoms with Gasteiger partial charge in [0.15, 0.2) is 0 Å². The van der Waals surface area contributed by atoms with Crippen molar-refractivity contribution in [1.29, 1.82) is 0 Å². The van der Waals surface area contributed by atoms with Gasteiger partial charge in [-0.05, 0) is 78.3 Å². The topological polar surface area (TPSA) is 183 Å². The second-order valence-corrected chi connectivity index (χ2v) is 19.1. The van der Waals surface area contributed by atoms with Gasteiger partial charge in [-0.1, -0.05) is 43.2 Å². The third-order valence-electron chi connectivity index (χ3n) is 11.1. The number of piperazine rings is 1. The number of hydrogen-bond acceptors (Lipinski definition) is 12. The Bertz CT molecular complexity index is 2570. The first-order valence-electron chi connectivity index (χ1n) is 19.3. The molecular weight excluding hydrogens is 814 g/mol. The Hall–Kier alpha value is -5.13. The maximum atomic E-state index is 13.9. The van der Waals surface area contributed by atoms with Gasteiger partial charge in [0, 0.05) is 77.8 Å². The first kappa shape index (κ1) is 40.6. The van der Waals surface area contributed by atoms with E-state index in [1.165, 1.54) is 46.8 Å². The summed E-state index contributed by atoms with van der Waals surface area (Å²) in [5.41, 5.74) is 5.35. The average Bonchev–Trinajstić information content (AvgIpc) is 3.69. The number of carbonyl (C=O) groups excluding carboxylic acids is 1. The van der Waals surface area contributed by atoms with Crippen molar-refractivity contribution in [3.8, 4) is 11.5 Å². The highest BCUT2D eigenvalue weighted by Gasteiger charge is 2.32. The van der Waals surface area contributed by atoms with Gasteiger partial charge in [-0.2, -0.15) is 0 Å². The summed E-state index contributed by atoms with van der Waals surface area (Å²) in [4.78, 5) is 37.2. The lowest BCUT2D eigenvalue weighted by molar-refractivity contribution is -0.384. The molecule has 1 saturated heterocycles. The summed E-state index contributed by atoms with van der Waals surface area (Å²) >= 11 is 7.41. The number of amides is 1. The van der Waals surface area contributed by atoms with E-state index < -0.39 is 37.5 Å². The number of nitrogens with one attached hydrogen (secondary N) is 3. The molecule has 1 aliphatic carbocycles. The zero-order chi connectivity index (χ0) is 41.5. The fourth-order valence-corrected chi connectivity index (χ4v) is 10.2. The maximum absolute atomic E-state index is 13.9. The van der Waals surface area contributed by atoms with Crippen molar-refractivity contribution in [1.82, 2.24) is 19.6 Å². The Morgan fingerprint density at radius 3 is 2.63 bits per heavy atom. The predicted molar refractivity (Wildman–Crippen MR) is 230 cm³/mol. The number of fused-ring (bicyclic) bond motifs is 2. The van der Waals surface area contributed by atoms with Crippen molar-refractivity contribution in [2.45, 2.75) is 48.9 Å². The van der Waals surface area contributed by atoms with E-state index in [2.05, 4.69) is 55.8 Å². The number of sulfonamides is 1. The SMILES string of the molecule is CC1(C)CCC(CN2CCN(c3ccc(C(=O)NS(=O)(=O)c4cc5c(c([N+](=O)[O-])c4)N[C@@H](CO)CS5)c(Oc4cnc5[nH]ccc5c4)c3)CC2)=C(c2ccc(Cl)cc2)C1. The van der Waals surface area contributed by atoms with Crippen LogP contribution in [-0.4, -0.2) is 90.3 Å². The summed E-state index contributed by atoms with van der Waals surface area (Å²) in [7, 11) is -4.60. The van der Waals surface area contributed by atoms with Gasteiger partial charge in [0.25, 0.3) is 21.6 Å². The monoisotopic (exact) mass is 857 g/mol. The number of nitrogens with zero attached hydrogens (tertiary/aromatic N) is 4. The van der Waals surface area contributed by atoms with Gasteiger partial charge in [-0.15, -0.1) is 11.8 Å². The largest absolute Gasteiger partial charge is 0.455 e. The molecule has 1 atom stereocenters. The molecular formula is C42H44ClN7O7S2. The van der Waals surface area contributed by atoms with E-state index in [0.29, 0.717) is 35.1 Å². The Balaban J connectivity index is 1.04. The third kappa shape index (κ3) is 8.92. The molecule has 3 aromatic carbocycles. The Morgan fingerprint density at radius 1 is 1.10 bits per heavy atom. The second-order valence-electron chi connectivity index (χ2n) is 15.9. The predicted octanol–water partition coefficient (Wildman–Crippen LogP) is 7.70. The number of rotatable bonds is 11. The zero-order valence-electron chi connectivity index (χ0n) is 32.5. The van der Waals surface area contributed by atoms with Gasteiger partial charge in [-0.3, -0.25) is 19.8 Å². The lowest BCUT2D eigenvalue weighted by Gasteiger charge is -2.39. The van der Waals surface area contributed by atoms with E-state index >= 15 is 0 Å². The van der Waals surface area contributed by atoms with E-state index in [4.69, 9.17) is 16.3 Å². The molecule has 3 aliphatic rings. The first-order chi connectivity index (χ1) is 28.2. The van der Waals surface area contributed by atoms with E-state index in [9.17, 15) is 28.4 Å². The van der Waals surface area contributed by atoms with Gasteiger partial charge in [0.2, 0.25) is 0 Å². The van der Waals surface area contributed by atoms with Gasteiger partial charge < -0.3 is 25.0 Å². The minimum Gasteiger partial charge on any atom is -0.455 e. The Labute approximate surface area is 351 Å². The van der Waals surface area contributed by atoms with Crippen LogP contribution >= 0.6 is 23.4 Å². The number of aromatic nitrogens is 2. The quantitative estimate of drug-likeness (QED) is 0.0752. The summed E-state index contributed by atoms with van der Waals surface area (Å²) in [6.45, 7) is 8.34. The lowest BCUT2D eigenvalue weighted by atomic mass is 9.72. The highest BCUT2D eigenvalue weighted by Crippen LogP contribution is 2.44. The molecule has 17 heteroatoms. The summed E-state index contributed by atoms with van der Waals surface area (Å²) in [5, 5.41) is 26.0. The molecule has 0 saturated carbocycles. The number of allylic oxidation sites excluding steroid dienone is 1. The van der Waals surface area contributed by atoms with Crippen LogP contribution < -0.4 is 19.7 Å². The minimum absolute atomic E-state index is 0.0543. The number of nitro benzene ring substituents is 1. The fourth-order valence-electron chi connectivity index (χ4n) is 7.88. The molecule has 5 aromatic rings. The molecule has 308 valence electrons. The van der Waals surface area contributed by atoms with Crippen molar-refractivity contribution < 1.29 is 28.0 Å². The van der Waals surface area contributed by atoms with Crippen LogP contribution in [0.5, 0.6) is 11.5 Å². The number of ether oxygens (including phenoxy) is 1. The normalized spacial score (nSPS) is 18.3. The van der Waals surface area contributed by atoms with E-state index in [-0.39, 0.29) is 29.0 Å². The number of aliphatic hydroxyl groups excluding tert-OH is 1. The first-order valence-corrected chi connectivity index (χ1v) is 22.2. The Morgan fingerprint density at radius 2 is 1.88 bits per heavy atom. The summed E-state index contributed by atoms with van der Waals surface area (Å²) < 4.78 is 35.8. The molecule has 0 radical (unpaired) electrons. The summed E-state index contributed by atoms with van der Waals surface area (Å²) in [6.07, 6.45) is 6.45. The van der Waals surface area contributed by atoms with E-state index in [1.807, 2.05) is 18.2 Å². The highest BCUT2D eigenvalue weighted by molar-refractivity contribution is 7.99. The fraction of sp³-hybridized carbons (Fsp3) is 0.333. The van der Waals surface area contributed by atoms with Crippen LogP contribution in [0.15, 0.2) is 94.5 Å². The van der Waals surface area contributed by atoms with Crippen molar-refractivity contribution in [3.63, 3.8) is 0 Å². The number of nitro groups is 1. The van der Waals surface area contributed by atoms with Crippen molar-refractivity contribution in [3.05, 3.63) is 111 Å². The number of halogens is 1. The molecule has 14 nitrogen and oxygen atoms in total. The molecule has 0 spiro atoms. The van der Waals surface area contributed by atoms with Crippen molar-refractivity contribution in [2.24, 2.45) is 5.41 Å². The molecule has 4 N–H and O–H groups in total. The van der Waals surface area contributed by atoms with Gasteiger partial charge in [0.05, 0.1) is 34.2 Å². The molecule has 2 aromatic heterocycles. The number of carbonyl (C=O) groups is 1. The number of pyridine rings is 1. The number of aliphatic hydroxyl groups is 1. The van der Waals surface area contributed by atoms with E-state index in [1.54, 1.807) is 24.4 Å². The third-order valence-corrected chi connectivity index (χ3v) is 13.9. The van der Waals surface area contributed by atoms with Crippen LogP contribution in [-0.2, 0) is 10.0 Å². The summed E-state index contributed by atoms with van der Waals surface area (Å²) in [5.74, 6) is -0.154. The zero-order valence-corrected chi connectivity index (χ0v) is 34.9. The van der Waals surface area contributed by atoms with Crippen LogP contribution in [0.2, 0.25) is 5.02 Å². The van der Waals surface area contributed by atoms with Crippen LogP contribution in [0.3, 0.4) is 0 Å². The average molecular weight is 858 g/mol. The molecule has 8 rings (SSSR count). The van der Waals surface area contributed by atoms with Crippen molar-refractivity contribution in [2.75, 3.05) is 55.3 Å². The second kappa shape index (κ2) is 16.5. The number of benzene rings is 3.